The van der Waals surface area contributed by atoms with Crippen LogP contribution in [-0.2, 0) is 11.2 Å². The summed E-state index contributed by atoms with van der Waals surface area (Å²) in [7, 11) is 1.73. The van der Waals surface area contributed by atoms with E-state index in [1.165, 1.54) is 24.8 Å². The first-order valence-corrected chi connectivity index (χ1v) is 12.1. The van der Waals surface area contributed by atoms with Crippen molar-refractivity contribution < 1.29 is 9.15 Å². The average molecular weight is 441 g/mol. The Labute approximate surface area is 196 Å². The number of ether oxygens (including phenoxy) is 1. The monoisotopic (exact) mass is 440 g/mol. The molecule has 4 nitrogen and oxygen atoms in total. The summed E-state index contributed by atoms with van der Waals surface area (Å²) in [5, 5.41) is 3.51. The normalized spacial score (nSPS) is 19.4. The van der Waals surface area contributed by atoms with Gasteiger partial charge in [0, 0.05) is 29.8 Å². The topological polar surface area (TPSA) is 47.3 Å². The smallest absolute Gasteiger partial charge is 0.161 e. The third kappa shape index (κ3) is 5.12. The third-order valence-corrected chi connectivity index (χ3v) is 6.75. The lowest BCUT2D eigenvalue weighted by Crippen LogP contribution is -2.14. The molecule has 0 saturated carbocycles. The van der Waals surface area contributed by atoms with Crippen LogP contribution in [0.2, 0.25) is 0 Å². The molecule has 1 atom stereocenters. The Balaban J connectivity index is 1.41. The van der Waals surface area contributed by atoms with Crippen molar-refractivity contribution in [3.8, 4) is 11.3 Å². The first-order chi connectivity index (χ1) is 16.3. The first kappa shape index (κ1) is 21.7. The number of rotatable bonds is 5. The number of hydrogen-bond donors (Lipinski definition) is 1. The molecule has 0 radical (unpaired) electrons. The van der Waals surface area contributed by atoms with E-state index < -0.39 is 0 Å². The third-order valence-electron chi connectivity index (χ3n) is 6.75. The van der Waals surface area contributed by atoms with Crippen molar-refractivity contribution in [2.45, 2.75) is 38.5 Å². The predicted molar refractivity (Wildman–Crippen MR) is 135 cm³/mol. The van der Waals surface area contributed by atoms with Gasteiger partial charge < -0.3 is 14.5 Å². The fraction of sp³-hybridized carbons (Fsp3) is 0.345. The van der Waals surface area contributed by atoms with Crippen LogP contribution in [0.3, 0.4) is 0 Å². The Morgan fingerprint density at radius 2 is 2.00 bits per heavy atom. The lowest BCUT2D eigenvalue weighted by Gasteiger charge is -2.13. The quantitative estimate of drug-likeness (QED) is 0.480. The molecule has 1 aromatic carbocycles. The van der Waals surface area contributed by atoms with Crippen molar-refractivity contribution in [2.24, 2.45) is 5.92 Å². The molecule has 1 N–H and O–H groups in total. The van der Waals surface area contributed by atoms with E-state index in [4.69, 9.17) is 9.15 Å². The van der Waals surface area contributed by atoms with Crippen LogP contribution < -0.4 is 5.32 Å². The van der Waals surface area contributed by atoms with Gasteiger partial charge in [-0.05, 0) is 74.4 Å². The lowest BCUT2D eigenvalue weighted by atomic mass is 9.92. The van der Waals surface area contributed by atoms with E-state index in [0.717, 1.165) is 77.6 Å². The Bertz CT molecular complexity index is 1180. The summed E-state index contributed by atoms with van der Waals surface area (Å²) in [4.78, 5) is 4.57. The number of benzene rings is 1. The number of nitrogens with one attached hydrogen (secondary N) is 1. The van der Waals surface area contributed by atoms with Crippen LogP contribution in [0.15, 0.2) is 77.1 Å². The van der Waals surface area contributed by atoms with Gasteiger partial charge in [0.1, 0.15) is 11.3 Å². The number of pyridine rings is 1. The van der Waals surface area contributed by atoms with Gasteiger partial charge in [-0.25, -0.2) is 0 Å². The van der Waals surface area contributed by atoms with Gasteiger partial charge in [0.15, 0.2) is 5.58 Å². The van der Waals surface area contributed by atoms with Gasteiger partial charge in [0.25, 0.3) is 0 Å². The number of hydrogen-bond acceptors (Lipinski definition) is 4. The van der Waals surface area contributed by atoms with E-state index >= 15 is 0 Å². The van der Waals surface area contributed by atoms with Gasteiger partial charge >= 0.3 is 0 Å². The molecule has 0 amide bonds. The summed E-state index contributed by atoms with van der Waals surface area (Å²) in [6.45, 7) is 2.30. The Hall–Kier alpha value is -3.11. The van der Waals surface area contributed by atoms with Gasteiger partial charge in [0.2, 0.25) is 0 Å². The lowest BCUT2D eigenvalue weighted by molar-refractivity contribution is 0.278. The molecule has 3 aromatic rings. The summed E-state index contributed by atoms with van der Waals surface area (Å²) in [6, 6.07) is 13.0. The minimum atomic E-state index is 0.779. The summed E-state index contributed by atoms with van der Waals surface area (Å²) < 4.78 is 11.8. The minimum Gasteiger partial charge on any atom is -0.501 e. The molecule has 33 heavy (non-hydrogen) atoms. The molecular weight excluding hydrogens is 408 g/mol. The maximum Gasteiger partial charge on any atom is 0.161 e. The zero-order chi connectivity index (χ0) is 22.5. The molecule has 1 fully saturated rings. The average Bonchev–Trinajstić information content (AvgIpc) is 3.10. The van der Waals surface area contributed by atoms with Crippen LogP contribution in [0.1, 0.15) is 43.2 Å². The summed E-state index contributed by atoms with van der Waals surface area (Å²) in [6.07, 6.45) is 17.3. The van der Waals surface area contributed by atoms with E-state index in [9.17, 15) is 0 Å². The van der Waals surface area contributed by atoms with Crippen molar-refractivity contribution in [3.05, 3.63) is 83.8 Å². The molecule has 0 spiro atoms. The standard InChI is InChI=1S/C29H32N2O2/c1-32-25-7-3-2-6-23(12-13-25)26-15-18-31-27-20-28(33-29(26)27)24-10-8-22(9-11-24)19-21-5-4-16-30-17-14-21/h2,6,8-13,15,18,20-21,30H,3-5,7,14,16-17,19H2,1H3. The minimum absolute atomic E-state index is 0.779. The largest absolute Gasteiger partial charge is 0.501 e. The highest BCUT2D eigenvalue weighted by Gasteiger charge is 2.15. The second kappa shape index (κ2) is 10.2. The number of furan rings is 1. The maximum absolute atomic E-state index is 6.37. The molecule has 2 aromatic heterocycles. The van der Waals surface area contributed by atoms with Crippen LogP contribution >= 0.6 is 0 Å². The number of allylic oxidation sites excluding steroid dienone is 6. The van der Waals surface area contributed by atoms with E-state index in [1.807, 2.05) is 12.3 Å². The second-order valence-electron chi connectivity index (χ2n) is 9.03. The highest BCUT2D eigenvalue weighted by atomic mass is 16.5. The molecule has 170 valence electrons. The molecule has 2 aliphatic rings. The van der Waals surface area contributed by atoms with Crippen molar-refractivity contribution in [1.29, 1.82) is 0 Å². The second-order valence-corrected chi connectivity index (χ2v) is 9.03. The van der Waals surface area contributed by atoms with Crippen LogP contribution in [0.4, 0.5) is 0 Å². The molecule has 1 unspecified atom stereocenters. The zero-order valence-electron chi connectivity index (χ0n) is 19.3. The maximum atomic E-state index is 6.37. The van der Waals surface area contributed by atoms with E-state index in [1.54, 1.807) is 7.11 Å². The molecule has 4 heteroatoms. The molecular formula is C29H32N2O2. The Morgan fingerprint density at radius 1 is 1.09 bits per heavy atom. The van der Waals surface area contributed by atoms with Crippen LogP contribution in [0.25, 0.3) is 28.0 Å². The molecule has 3 heterocycles. The fourth-order valence-electron chi connectivity index (χ4n) is 4.85. The highest BCUT2D eigenvalue weighted by Crippen LogP contribution is 2.33. The first-order valence-electron chi connectivity index (χ1n) is 12.1. The van der Waals surface area contributed by atoms with Crippen molar-refractivity contribution >= 4 is 16.7 Å². The van der Waals surface area contributed by atoms with E-state index in [0.29, 0.717) is 0 Å². The van der Waals surface area contributed by atoms with Crippen LogP contribution in [0, 0.1) is 5.92 Å². The fourth-order valence-corrected chi connectivity index (χ4v) is 4.85. The summed E-state index contributed by atoms with van der Waals surface area (Å²) in [5.74, 6) is 2.63. The number of nitrogens with zero attached hydrogens (tertiary/aromatic N) is 1. The zero-order valence-corrected chi connectivity index (χ0v) is 19.3. The van der Waals surface area contributed by atoms with Crippen molar-refractivity contribution in [3.63, 3.8) is 0 Å². The van der Waals surface area contributed by atoms with Crippen molar-refractivity contribution in [1.82, 2.24) is 10.3 Å². The van der Waals surface area contributed by atoms with Gasteiger partial charge in [-0.2, -0.15) is 0 Å². The molecule has 5 rings (SSSR count). The van der Waals surface area contributed by atoms with Gasteiger partial charge in [-0.3, -0.25) is 4.98 Å². The number of aromatic nitrogens is 1. The van der Waals surface area contributed by atoms with Crippen LogP contribution in [0.5, 0.6) is 0 Å². The van der Waals surface area contributed by atoms with Gasteiger partial charge in [0.05, 0.1) is 12.9 Å². The molecule has 1 saturated heterocycles. The van der Waals surface area contributed by atoms with E-state index in [2.05, 4.69) is 64.9 Å². The number of fused-ring (bicyclic) bond motifs is 1. The van der Waals surface area contributed by atoms with Crippen molar-refractivity contribution in [2.75, 3.05) is 20.2 Å². The highest BCUT2D eigenvalue weighted by molar-refractivity contribution is 5.92. The summed E-state index contributed by atoms with van der Waals surface area (Å²) in [5.41, 5.74) is 6.36. The molecule has 0 bridgehead atoms. The SMILES string of the molecule is COC1=CC=C(c2ccnc3cc(-c4ccc(CC5CCCNCC5)cc4)oc23)C=CCC1. The predicted octanol–water partition coefficient (Wildman–Crippen LogP) is 6.69. The Morgan fingerprint density at radius 3 is 2.88 bits per heavy atom. The molecule has 1 aliphatic carbocycles. The Kier molecular flexibility index (Phi) is 6.73. The molecule has 1 aliphatic heterocycles. The van der Waals surface area contributed by atoms with Gasteiger partial charge in [-0.1, -0.05) is 42.5 Å². The summed E-state index contributed by atoms with van der Waals surface area (Å²) >= 11 is 0. The van der Waals surface area contributed by atoms with Crippen LogP contribution in [-0.4, -0.2) is 25.2 Å². The number of methoxy groups -OCH3 is 1. The van der Waals surface area contributed by atoms with E-state index in [-0.39, 0.29) is 0 Å². The van der Waals surface area contributed by atoms with Gasteiger partial charge in [-0.15, -0.1) is 0 Å².